The number of imide groups is 1. The lowest BCUT2D eigenvalue weighted by Crippen LogP contribution is -2.51. The summed E-state index contributed by atoms with van der Waals surface area (Å²) in [5.41, 5.74) is -1.66. The molecule has 6 nitrogen and oxygen atoms in total. The number of carboxylic acid groups (broad SMARTS) is 1. The predicted octanol–water partition coefficient (Wildman–Crippen LogP) is 0.372. The van der Waals surface area contributed by atoms with Gasteiger partial charge in [-0.05, 0) is 18.3 Å². The van der Waals surface area contributed by atoms with E-state index in [0.29, 0.717) is 17.9 Å². The van der Waals surface area contributed by atoms with E-state index in [4.69, 9.17) is 10.9 Å². The number of amides is 2. The molecule has 1 rings (SSSR count). The molecule has 96 valence electrons. The van der Waals surface area contributed by atoms with Gasteiger partial charge >= 0.3 is 5.97 Å². The normalized spacial score (nSPS) is 30.9. The molecule has 2 amide bonds. The highest BCUT2D eigenvalue weighted by atomic mass is 16.4. The highest BCUT2D eigenvalue weighted by Crippen LogP contribution is 2.56. The lowest BCUT2D eigenvalue weighted by molar-refractivity contribution is -0.154. The quantitative estimate of drug-likeness (QED) is 0.322. The van der Waals surface area contributed by atoms with Crippen LogP contribution in [0.3, 0.4) is 0 Å². The second kappa shape index (κ2) is 4.10. The maximum Gasteiger partial charge on any atom is 0.307 e. The Morgan fingerprint density at radius 2 is 1.94 bits per heavy atom. The standard InChI is InChI=1S/C11H18N2O4/c1-10(2)7(8(15)16)4-5-11(10,3)9(17)13(12)6-14/h6-7H,4-5,12H2,1-3H3,(H,15,16). The largest absolute Gasteiger partial charge is 0.481 e. The molecule has 1 aliphatic carbocycles. The SMILES string of the molecule is CC1(C(=O)N(N)C=O)CCC(C(=O)O)C1(C)C. The fraction of sp³-hybridized carbons (Fsp3) is 0.727. The molecule has 0 saturated heterocycles. The number of nitrogens with zero attached hydrogens (tertiary/aromatic N) is 1. The second-order valence-electron chi connectivity index (χ2n) is 5.30. The van der Waals surface area contributed by atoms with Crippen molar-refractivity contribution in [3.63, 3.8) is 0 Å². The van der Waals surface area contributed by atoms with Gasteiger partial charge in [-0.3, -0.25) is 14.4 Å². The number of carbonyl (C=O) groups excluding carboxylic acids is 2. The van der Waals surface area contributed by atoms with Crippen LogP contribution in [0.2, 0.25) is 0 Å². The Balaban J connectivity index is 3.11. The van der Waals surface area contributed by atoms with Crippen molar-refractivity contribution in [3.05, 3.63) is 0 Å². The van der Waals surface area contributed by atoms with Crippen LogP contribution in [0, 0.1) is 16.7 Å². The van der Waals surface area contributed by atoms with E-state index in [2.05, 4.69) is 0 Å². The molecule has 1 fully saturated rings. The first-order valence-electron chi connectivity index (χ1n) is 5.45. The third-order valence-electron chi connectivity index (χ3n) is 4.34. The minimum absolute atomic E-state index is 0.248. The predicted molar refractivity (Wildman–Crippen MR) is 59.3 cm³/mol. The summed E-state index contributed by atoms with van der Waals surface area (Å²) < 4.78 is 0. The molecule has 17 heavy (non-hydrogen) atoms. The fourth-order valence-corrected chi connectivity index (χ4v) is 2.65. The van der Waals surface area contributed by atoms with Gasteiger partial charge in [-0.15, -0.1) is 0 Å². The van der Waals surface area contributed by atoms with Crippen molar-refractivity contribution in [2.24, 2.45) is 22.6 Å². The molecule has 2 unspecified atom stereocenters. The lowest BCUT2D eigenvalue weighted by Gasteiger charge is -2.39. The molecule has 2 atom stereocenters. The van der Waals surface area contributed by atoms with Crippen LogP contribution >= 0.6 is 0 Å². The Kier molecular flexibility index (Phi) is 3.29. The number of hydrogen-bond donors (Lipinski definition) is 2. The second-order valence-corrected chi connectivity index (χ2v) is 5.30. The molecular weight excluding hydrogens is 224 g/mol. The van der Waals surface area contributed by atoms with Gasteiger partial charge < -0.3 is 5.11 Å². The van der Waals surface area contributed by atoms with Crippen molar-refractivity contribution in [2.75, 3.05) is 0 Å². The average molecular weight is 242 g/mol. The first-order chi connectivity index (χ1) is 7.68. The molecule has 0 aromatic carbocycles. The molecule has 0 aliphatic heterocycles. The van der Waals surface area contributed by atoms with Crippen LogP contribution in [0.25, 0.3) is 0 Å². The first kappa shape index (κ1) is 13.6. The van der Waals surface area contributed by atoms with Crippen LogP contribution in [-0.2, 0) is 14.4 Å². The molecule has 3 N–H and O–H groups in total. The Morgan fingerprint density at radius 3 is 2.29 bits per heavy atom. The van der Waals surface area contributed by atoms with Crippen molar-refractivity contribution in [1.82, 2.24) is 5.01 Å². The number of hydrogen-bond acceptors (Lipinski definition) is 4. The van der Waals surface area contributed by atoms with E-state index in [0.717, 1.165) is 0 Å². The first-order valence-corrected chi connectivity index (χ1v) is 5.45. The summed E-state index contributed by atoms with van der Waals surface area (Å²) in [7, 11) is 0. The van der Waals surface area contributed by atoms with Gasteiger partial charge in [0.05, 0.1) is 11.3 Å². The highest BCUT2D eigenvalue weighted by Gasteiger charge is 2.59. The van der Waals surface area contributed by atoms with E-state index < -0.39 is 28.6 Å². The molecule has 0 radical (unpaired) electrons. The topological polar surface area (TPSA) is 101 Å². The fourth-order valence-electron chi connectivity index (χ4n) is 2.65. The van der Waals surface area contributed by atoms with Crippen LogP contribution < -0.4 is 5.84 Å². The van der Waals surface area contributed by atoms with Crippen molar-refractivity contribution in [2.45, 2.75) is 33.6 Å². The zero-order valence-corrected chi connectivity index (χ0v) is 10.3. The smallest absolute Gasteiger partial charge is 0.307 e. The van der Waals surface area contributed by atoms with Gasteiger partial charge in [-0.25, -0.2) is 10.9 Å². The summed E-state index contributed by atoms with van der Waals surface area (Å²) in [6.45, 7) is 5.13. The van der Waals surface area contributed by atoms with Gasteiger partial charge in [0.25, 0.3) is 0 Å². The maximum absolute atomic E-state index is 12.1. The Morgan fingerprint density at radius 1 is 1.41 bits per heavy atom. The van der Waals surface area contributed by atoms with Gasteiger partial charge in [-0.2, -0.15) is 0 Å². The number of aliphatic carboxylic acids is 1. The molecule has 0 heterocycles. The Hall–Kier alpha value is -1.43. The van der Waals surface area contributed by atoms with Crippen LogP contribution in [-0.4, -0.2) is 28.4 Å². The van der Waals surface area contributed by atoms with Crippen molar-refractivity contribution in [3.8, 4) is 0 Å². The Labute approximate surface area is 99.7 Å². The third kappa shape index (κ3) is 1.82. The van der Waals surface area contributed by atoms with Gasteiger partial charge in [-0.1, -0.05) is 20.8 Å². The van der Waals surface area contributed by atoms with Crippen LogP contribution in [0.5, 0.6) is 0 Å². The number of rotatable bonds is 3. The summed E-state index contributed by atoms with van der Waals surface area (Å²) in [6, 6.07) is 0. The van der Waals surface area contributed by atoms with Gasteiger partial charge in [0.15, 0.2) is 0 Å². The summed E-state index contributed by atoms with van der Waals surface area (Å²) in [6.07, 6.45) is 1.08. The molecule has 1 saturated carbocycles. The molecule has 0 spiro atoms. The van der Waals surface area contributed by atoms with Crippen LogP contribution in [0.15, 0.2) is 0 Å². The minimum Gasteiger partial charge on any atom is -0.481 e. The minimum atomic E-state index is -0.925. The zero-order chi connectivity index (χ0) is 13.4. The molecule has 6 heteroatoms. The average Bonchev–Trinajstić information content (AvgIpc) is 2.49. The van der Waals surface area contributed by atoms with Crippen LogP contribution in [0.4, 0.5) is 0 Å². The number of hydrazine groups is 1. The molecular formula is C11H18N2O4. The van der Waals surface area contributed by atoms with Crippen LogP contribution in [0.1, 0.15) is 33.6 Å². The zero-order valence-electron chi connectivity index (χ0n) is 10.3. The van der Waals surface area contributed by atoms with E-state index in [1.54, 1.807) is 20.8 Å². The number of nitrogens with two attached hydrogens (primary N) is 1. The molecule has 1 aliphatic rings. The summed E-state index contributed by atoms with van der Waals surface area (Å²) >= 11 is 0. The van der Waals surface area contributed by atoms with Crippen molar-refractivity contribution >= 4 is 18.3 Å². The van der Waals surface area contributed by atoms with Gasteiger partial charge in [0.1, 0.15) is 0 Å². The molecule has 0 aromatic heterocycles. The van der Waals surface area contributed by atoms with Gasteiger partial charge in [0, 0.05) is 0 Å². The lowest BCUT2D eigenvalue weighted by atomic mass is 9.65. The van der Waals surface area contributed by atoms with Crippen molar-refractivity contribution in [1.29, 1.82) is 0 Å². The van der Waals surface area contributed by atoms with E-state index in [1.165, 1.54) is 0 Å². The highest BCUT2D eigenvalue weighted by molar-refractivity contribution is 5.91. The van der Waals surface area contributed by atoms with E-state index in [1.807, 2.05) is 0 Å². The summed E-state index contributed by atoms with van der Waals surface area (Å²) in [4.78, 5) is 33.7. The van der Waals surface area contributed by atoms with E-state index in [9.17, 15) is 14.4 Å². The molecule has 0 aromatic rings. The maximum atomic E-state index is 12.1. The molecule has 0 bridgehead atoms. The van der Waals surface area contributed by atoms with E-state index in [-0.39, 0.29) is 6.41 Å². The number of carboxylic acids is 1. The van der Waals surface area contributed by atoms with Gasteiger partial charge in [0.2, 0.25) is 12.3 Å². The van der Waals surface area contributed by atoms with E-state index >= 15 is 0 Å². The summed E-state index contributed by atoms with van der Waals surface area (Å²) in [5.74, 6) is 3.25. The summed E-state index contributed by atoms with van der Waals surface area (Å²) in [5, 5.41) is 9.64. The number of carbonyl (C=O) groups is 3. The van der Waals surface area contributed by atoms with Crippen molar-refractivity contribution < 1.29 is 19.5 Å². The Bertz CT molecular complexity index is 366. The third-order valence-corrected chi connectivity index (χ3v) is 4.34. The monoisotopic (exact) mass is 242 g/mol.